The van der Waals surface area contributed by atoms with Crippen LogP contribution in [0.2, 0.25) is 0 Å². The molecule has 0 spiro atoms. The van der Waals surface area contributed by atoms with E-state index in [4.69, 9.17) is 22.8 Å². The third-order valence-corrected chi connectivity index (χ3v) is 3.22. The van der Waals surface area contributed by atoms with E-state index in [9.17, 15) is 9.59 Å². The number of nitrogens with zero attached hydrogens (tertiary/aromatic N) is 1. The molecule has 1 unspecified atom stereocenters. The van der Waals surface area contributed by atoms with Gasteiger partial charge in [-0.05, 0) is 38.3 Å². The number of hydrogen-bond acceptors (Lipinski definition) is 5. The molecule has 0 radical (unpaired) electrons. The Bertz CT molecular complexity index is 496. The first-order valence-corrected chi connectivity index (χ1v) is 7.45. The lowest BCUT2D eigenvalue weighted by Crippen LogP contribution is -2.38. The van der Waals surface area contributed by atoms with Gasteiger partial charge in [0.15, 0.2) is 0 Å². The van der Waals surface area contributed by atoms with E-state index in [0.29, 0.717) is 30.0 Å². The van der Waals surface area contributed by atoms with Crippen molar-refractivity contribution in [1.29, 1.82) is 0 Å². The van der Waals surface area contributed by atoms with Crippen LogP contribution in [0.4, 0.5) is 4.79 Å². The Morgan fingerprint density at radius 1 is 1.41 bits per heavy atom. The van der Waals surface area contributed by atoms with Crippen LogP contribution in [0.25, 0.3) is 0 Å². The van der Waals surface area contributed by atoms with E-state index in [1.807, 2.05) is 6.07 Å². The number of ether oxygens (including phenoxy) is 1. The normalized spacial score (nSPS) is 11.4. The van der Waals surface area contributed by atoms with Crippen LogP contribution in [-0.2, 0) is 4.79 Å². The van der Waals surface area contributed by atoms with E-state index in [2.05, 4.69) is 5.32 Å². The Kier molecular flexibility index (Phi) is 8.09. The standard InChI is InChI=1S/C15H21N3O3S/c1-12(22)18(16)10-6-5-7-13(11-19)17-15(20)21-14-8-3-2-4-9-14/h2-4,8-9,11,13H,5-7,10,16H2,1H3,(H,17,20). The second-order valence-corrected chi connectivity index (χ2v) is 5.39. The summed E-state index contributed by atoms with van der Waals surface area (Å²) in [6.45, 7) is 2.38. The molecule has 0 saturated heterocycles. The molecule has 0 saturated carbocycles. The van der Waals surface area contributed by atoms with Crippen LogP contribution in [0.5, 0.6) is 5.75 Å². The largest absolute Gasteiger partial charge is 0.413 e. The molecule has 1 atom stereocenters. The number of hydrogen-bond donors (Lipinski definition) is 2. The minimum absolute atomic E-state index is 0.430. The van der Waals surface area contributed by atoms with Gasteiger partial charge < -0.3 is 19.9 Å². The van der Waals surface area contributed by atoms with E-state index >= 15 is 0 Å². The van der Waals surface area contributed by atoms with Gasteiger partial charge in [-0.25, -0.2) is 10.6 Å². The molecule has 0 fully saturated rings. The molecule has 1 aromatic carbocycles. The van der Waals surface area contributed by atoms with Gasteiger partial charge in [-0.3, -0.25) is 0 Å². The predicted molar refractivity (Wildman–Crippen MR) is 88.5 cm³/mol. The van der Waals surface area contributed by atoms with Crippen molar-refractivity contribution in [1.82, 2.24) is 10.3 Å². The van der Waals surface area contributed by atoms with Gasteiger partial charge in [0.2, 0.25) is 0 Å². The van der Waals surface area contributed by atoms with Gasteiger partial charge in [-0.15, -0.1) is 0 Å². The van der Waals surface area contributed by atoms with Gasteiger partial charge in [0.25, 0.3) is 0 Å². The topological polar surface area (TPSA) is 84.7 Å². The maximum atomic E-state index is 11.7. The van der Waals surface area contributed by atoms with Crippen LogP contribution in [0.3, 0.4) is 0 Å². The van der Waals surface area contributed by atoms with E-state index in [1.54, 1.807) is 31.2 Å². The Labute approximate surface area is 135 Å². The van der Waals surface area contributed by atoms with Crippen LogP contribution in [0, 0.1) is 0 Å². The number of nitrogens with one attached hydrogen (secondary N) is 1. The summed E-state index contributed by atoms with van der Waals surface area (Å²) in [6.07, 6.45) is 2.11. The zero-order valence-corrected chi connectivity index (χ0v) is 13.3. The second-order valence-electron chi connectivity index (χ2n) is 4.80. The number of hydrazine groups is 1. The monoisotopic (exact) mass is 323 g/mol. The van der Waals surface area contributed by atoms with Gasteiger partial charge in [-0.1, -0.05) is 30.4 Å². The highest BCUT2D eigenvalue weighted by molar-refractivity contribution is 7.80. The lowest BCUT2D eigenvalue weighted by molar-refractivity contribution is -0.109. The zero-order valence-electron chi connectivity index (χ0n) is 12.5. The van der Waals surface area contributed by atoms with Crippen molar-refractivity contribution in [2.24, 2.45) is 5.84 Å². The third-order valence-electron chi connectivity index (χ3n) is 2.99. The van der Waals surface area contributed by atoms with Crippen molar-refractivity contribution in [2.45, 2.75) is 32.2 Å². The maximum absolute atomic E-state index is 11.7. The molecule has 0 aliphatic heterocycles. The number of carbonyl (C=O) groups is 2. The van der Waals surface area contributed by atoms with Gasteiger partial charge >= 0.3 is 6.09 Å². The Hall–Kier alpha value is -1.99. The number of nitrogens with two attached hydrogens (primary N) is 1. The Balaban J connectivity index is 2.28. The molecule has 1 rings (SSSR count). The highest BCUT2D eigenvalue weighted by Gasteiger charge is 2.12. The number of rotatable bonds is 8. The van der Waals surface area contributed by atoms with Crippen molar-refractivity contribution in [3.8, 4) is 5.75 Å². The van der Waals surface area contributed by atoms with Gasteiger partial charge in [0, 0.05) is 6.54 Å². The summed E-state index contributed by atoms with van der Waals surface area (Å²) in [7, 11) is 0. The minimum atomic E-state index is -0.640. The quantitative estimate of drug-likeness (QED) is 0.250. The zero-order chi connectivity index (χ0) is 16.4. The molecule has 6 nitrogen and oxygen atoms in total. The van der Waals surface area contributed by atoms with E-state index in [0.717, 1.165) is 12.8 Å². The second kappa shape index (κ2) is 9.86. The van der Waals surface area contributed by atoms with Crippen molar-refractivity contribution in [2.75, 3.05) is 6.54 Å². The number of benzene rings is 1. The van der Waals surface area contributed by atoms with Crippen molar-refractivity contribution >= 4 is 29.6 Å². The first kappa shape index (κ1) is 18.1. The van der Waals surface area contributed by atoms with Crippen LogP contribution >= 0.6 is 12.2 Å². The third kappa shape index (κ3) is 7.14. The molecule has 0 aliphatic carbocycles. The molecule has 0 aromatic heterocycles. The van der Waals surface area contributed by atoms with Crippen LogP contribution in [0.1, 0.15) is 26.2 Å². The number of para-hydroxylation sites is 1. The first-order chi connectivity index (χ1) is 10.5. The Morgan fingerprint density at radius 2 is 2.09 bits per heavy atom. The van der Waals surface area contributed by atoms with Crippen molar-refractivity contribution in [3.63, 3.8) is 0 Å². The number of carbonyl (C=O) groups excluding carboxylic acids is 2. The predicted octanol–water partition coefficient (Wildman–Crippen LogP) is 2.04. The number of thiocarbonyl (C=S) groups is 1. The van der Waals surface area contributed by atoms with E-state index < -0.39 is 12.1 Å². The van der Waals surface area contributed by atoms with Crippen LogP contribution in [0.15, 0.2) is 30.3 Å². The van der Waals surface area contributed by atoms with E-state index in [-0.39, 0.29) is 0 Å². The van der Waals surface area contributed by atoms with Crippen molar-refractivity contribution < 1.29 is 14.3 Å². The maximum Gasteiger partial charge on any atom is 0.413 e. The highest BCUT2D eigenvalue weighted by atomic mass is 32.1. The van der Waals surface area contributed by atoms with Gasteiger partial charge in [0.1, 0.15) is 12.0 Å². The molecule has 1 aromatic rings. The lowest BCUT2D eigenvalue weighted by Gasteiger charge is -2.17. The molecule has 0 aliphatic rings. The number of unbranched alkanes of at least 4 members (excludes halogenated alkanes) is 1. The van der Waals surface area contributed by atoms with Crippen LogP contribution in [-0.4, -0.2) is 35.0 Å². The summed E-state index contributed by atoms with van der Waals surface area (Å²) in [4.78, 5) is 23.3. The van der Waals surface area contributed by atoms with Gasteiger partial charge in [-0.2, -0.15) is 0 Å². The molecule has 1 amide bonds. The fourth-order valence-corrected chi connectivity index (χ4v) is 1.85. The molecule has 0 heterocycles. The molecule has 120 valence electrons. The number of aldehydes is 1. The summed E-state index contributed by atoms with van der Waals surface area (Å²) in [5.41, 5.74) is 0. The first-order valence-electron chi connectivity index (χ1n) is 7.04. The molecular formula is C15H21N3O3S. The summed E-state index contributed by atoms with van der Waals surface area (Å²) < 4.78 is 5.07. The number of amides is 1. The van der Waals surface area contributed by atoms with Crippen molar-refractivity contribution in [3.05, 3.63) is 30.3 Å². The summed E-state index contributed by atoms with van der Waals surface area (Å²) in [6, 6.07) is 8.10. The van der Waals surface area contributed by atoms with Gasteiger partial charge in [0.05, 0.1) is 11.0 Å². The van der Waals surface area contributed by atoms with Crippen LogP contribution < -0.4 is 15.9 Å². The molecular weight excluding hydrogens is 302 g/mol. The smallest absolute Gasteiger partial charge is 0.410 e. The summed E-state index contributed by atoms with van der Waals surface area (Å²) in [5, 5.41) is 4.01. The average Bonchev–Trinajstić information content (AvgIpc) is 2.50. The molecule has 0 bridgehead atoms. The highest BCUT2D eigenvalue weighted by Crippen LogP contribution is 2.08. The summed E-state index contributed by atoms with van der Waals surface area (Å²) >= 11 is 4.93. The fraction of sp³-hybridized carbons (Fsp3) is 0.400. The molecule has 7 heteroatoms. The fourth-order valence-electron chi connectivity index (χ4n) is 1.75. The average molecular weight is 323 g/mol. The lowest BCUT2D eigenvalue weighted by atomic mass is 10.1. The van der Waals surface area contributed by atoms with E-state index in [1.165, 1.54) is 5.01 Å². The minimum Gasteiger partial charge on any atom is -0.410 e. The summed E-state index contributed by atoms with van der Waals surface area (Å²) in [5.74, 6) is 6.10. The molecule has 3 N–H and O–H groups in total. The SMILES string of the molecule is CC(=S)N(N)CCCCC(C=O)NC(=O)Oc1ccccc1. The molecule has 22 heavy (non-hydrogen) atoms. The Morgan fingerprint density at radius 3 is 2.68 bits per heavy atom.